The molecule has 0 unspecified atom stereocenters. The van der Waals surface area contributed by atoms with Crippen molar-refractivity contribution in [2.24, 2.45) is 0 Å². The highest BCUT2D eigenvalue weighted by molar-refractivity contribution is 6.02. The highest BCUT2D eigenvalue weighted by atomic mass is 15.1. The van der Waals surface area contributed by atoms with Gasteiger partial charge in [-0.1, -0.05) is 382 Å². The van der Waals surface area contributed by atoms with E-state index >= 15 is 0 Å². The maximum Gasteiger partial charge on any atom is 0.0408 e. The molecule has 22 aromatic carbocycles. The molecule has 0 amide bonds. The van der Waals surface area contributed by atoms with E-state index in [2.05, 4.69) is 539 Å². The Morgan fingerprint density at radius 2 is 0.353 bits per heavy atom. The number of benzene rings is 22. The Morgan fingerprint density at radius 1 is 0.135 bits per heavy atom. The van der Waals surface area contributed by atoms with Gasteiger partial charge in [0.25, 0.3) is 0 Å². The van der Waals surface area contributed by atoms with Gasteiger partial charge in [-0.25, -0.2) is 0 Å². The van der Waals surface area contributed by atoms with Gasteiger partial charge in [-0.05, 0) is 315 Å². The minimum atomic E-state index is 0.166. The smallest absolute Gasteiger partial charge is 0.0408 e. The highest BCUT2D eigenvalue weighted by Crippen LogP contribution is 2.55. The van der Waals surface area contributed by atoms with Crippen molar-refractivity contribution < 1.29 is 0 Å². The third-order valence-electron chi connectivity index (χ3n) is 27.9. The van der Waals surface area contributed by atoms with E-state index in [0.29, 0.717) is 0 Å². The Labute approximate surface area is 779 Å². The molecule has 3 heteroatoms. The van der Waals surface area contributed by atoms with Crippen LogP contribution in [0.3, 0.4) is 0 Å². The van der Waals surface area contributed by atoms with Crippen LogP contribution in [0, 0.1) is 0 Å². The van der Waals surface area contributed by atoms with Gasteiger partial charge in [-0.2, -0.15) is 0 Å². The number of fused-ring (bicyclic) bond motifs is 13. The van der Waals surface area contributed by atoms with Crippen molar-refractivity contribution >= 4 is 77.2 Å². The standard InChI is InChI=1S/2C46H33N.C38H29N/c1-47(36-15-3-2-4-16-36)37-25-21-33(22-26-37)46-42-27-23-34(40-19-9-13-31-11-5-7-17-38(31)40)29-44(42)45-30-35(24-28-43(45)46)41-20-10-14-32-12-6-8-18-39(32)41;1-47(40-13-3-2-4-14-40)41-23-19-33(20-24-41)46-42-25-21-38(36-17-15-31-9-5-7-11-34(31)27-36)29-44(42)45-30-39(22-26-43(45)46)37-18-16-32-10-6-8-12-35(32)28-37;1-39(32-15-9-4-10-16-32)33-21-17-29(18-22-33)38-34-23-19-30(27-11-5-2-6-12-27)25-36(34)37-26-31(20-24-35(37)38)28-13-7-3-8-14-28/h2*2-30,46H,1H3;2-26,38H,1H3. The largest absolute Gasteiger partial charge is 0.345 e. The topological polar surface area (TPSA) is 9.72 Å². The SMILES string of the molecule is CN(c1ccccc1)c1ccc(C2c3ccc(-c4ccc5ccccc5c4)cc3-c3cc(-c4ccc5ccccc5c4)ccc32)cc1.CN(c1ccccc1)c1ccc(C2c3ccc(-c4cccc5ccccc45)cc3-c3cc(-c4cccc5ccccc45)ccc32)cc1.CN(c1ccccc1)c1ccc(C2c3ccc(-c4ccccc4)cc3-c3cc(-c4ccccc4)ccc32)cc1. The lowest BCUT2D eigenvalue weighted by Gasteiger charge is -2.21. The summed E-state index contributed by atoms with van der Waals surface area (Å²) in [6.45, 7) is 0. The summed E-state index contributed by atoms with van der Waals surface area (Å²) in [4.78, 5) is 6.72. The monoisotopic (exact) mass is 1700 g/mol. The second-order valence-corrected chi connectivity index (χ2v) is 35.5. The van der Waals surface area contributed by atoms with Crippen LogP contribution in [0.15, 0.2) is 504 Å². The molecule has 3 aliphatic rings. The molecule has 0 spiro atoms. The van der Waals surface area contributed by atoms with Crippen molar-refractivity contribution in [1.82, 2.24) is 0 Å². The zero-order chi connectivity index (χ0) is 88.8. The van der Waals surface area contributed by atoms with E-state index in [1.54, 1.807) is 0 Å². The number of hydrogen-bond acceptors (Lipinski definition) is 3. The van der Waals surface area contributed by atoms with Crippen LogP contribution in [-0.4, -0.2) is 21.1 Å². The first-order valence-electron chi connectivity index (χ1n) is 46.3. The quantitative estimate of drug-likeness (QED) is 0.101. The van der Waals surface area contributed by atoms with Crippen LogP contribution in [0.4, 0.5) is 34.1 Å². The molecule has 3 aliphatic carbocycles. The summed E-state index contributed by atoms with van der Waals surface area (Å²) in [5.41, 5.74) is 42.2. The maximum atomic E-state index is 2.43. The molecule has 0 heterocycles. The van der Waals surface area contributed by atoms with Gasteiger partial charge < -0.3 is 14.7 Å². The lowest BCUT2D eigenvalue weighted by atomic mass is 9.88. The Hall–Kier alpha value is -16.7. The van der Waals surface area contributed by atoms with E-state index in [9.17, 15) is 0 Å². The van der Waals surface area contributed by atoms with Crippen LogP contribution >= 0.6 is 0 Å². The fourth-order valence-electron chi connectivity index (χ4n) is 20.9. The van der Waals surface area contributed by atoms with Gasteiger partial charge in [-0.3, -0.25) is 0 Å². The summed E-state index contributed by atoms with van der Waals surface area (Å²) < 4.78 is 0. The first kappa shape index (κ1) is 80.8. The molecule has 0 radical (unpaired) electrons. The van der Waals surface area contributed by atoms with Crippen LogP contribution in [0.25, 0.3) is 143 Å². The molecule has 0 fully saturated rings. The molecule has 133 heavy (non-hydrogen) atoms. The van der Waals surface area contributed by atoms with Gasteiger partial charge >= 0.3 is 0 Å². The second kappa shape index (κ2) is 35.0. The van der Waals surface area contributed by atoms with Gasteiger partial charge in [0, 0.05) is 73.0 Å². The lowest BCUT2D eigenvalue weighted by molar-refractivity contribution is 1.01. The number of rotatable bonds is 15. The first-order chi connectivity index (χ1) is 65.7. The molecule has 0 bridgehead atoms. The van der Waals surface area contributed by atoms with Crippen molar-refractivity contribution in [3.05, 3.63) is 554 Å². The van der Waals surface area contributed by atoms with E-state index < -0.39 is 0 Å². The molecule has 630 valence electrons. The highest BCUT2D eigenvalue weighted by Gasteiger charge is 2.35. The second-order valence-electron chi connectivity index (χ2n) is 35.5. The molecule has 0 N–H and O–H groups in total. The molecule has 22 aromatic rings. The van der Waals surface area contributed by atoms with Crippen LogP contribution < -0.4 is 14.7 Å². The average Bonchev–Trinajstić information content (AvgIpc) is 1.59. The Kier molecular flexibility index (Phi) is 21.3. The Balaban J connectivity index is 0.000000114. The first-order valence-corrected chi connectivity index (χ1v) is 46.3. The molecule has 3 nitrogen and oxygen atoms in total. The van der Waals surface area contributed by atoms with Crippen molar-refractivity contribution in [3.63, 3.8) is 0 Å². The van der Waals surface area contributed by atoms with Crippen LogP contribution in [0.5, 0.6) is 0 Å². The zero-order valence-corrected chi connectivity index (χ0v) is 74.5. The predicted octanol–water partition coefficient (Wildman–Crippen LogP) is 34.5. The molecule has 0 saturated heterocycles. The van der Waals surface area contributed by atoms with Gasteiger partial charge in [0.15, 0.2) is 0 Å². The molecular weight excluding hydrogens is 1600 g/mol. The third-order valence-corrected chi connectivity index (χ3v) is 27.9. The molecule has 25 rings (SSSR count). The lowest BCUT2D eigenvalue weighted by Crippen LogP contribution is -2.09. The zero-order valence-electron chi connectivity index (χ0n) is 74.5. The molecule has 0 aromatic heterocycles. The number of hydrogen-bond donors (Lipinski definition) is 0. The van der Waals surface area contributed by atoms with Crippen molar-refractivity contribution in [3.8, 4) is 100 Å². The maximum absolute atomic E-state index is 2.43. The molecule has 0 atom stereocenters. The Bertz CT molecular complexity index is 7730. The summed E-state index contributed by atoms with van der Waals surface area (Å²) in [6, 6.07) is 184. The average molecular weight is 1700 g/mol. The predicted molar refractivity (Wildman–Crippen MR) is 564 cm³/mol. The van der Waals surface area contributed by atoms with Crippen molar-refractivity contribution in [2.45, 2.75) is 17.8 Å². The summed E-state index contributed by atoms with van der Waals surface area (Å²) in [5, 5.41) is 10.2. The van der Waals surface area contributed by atoms with Crippen molar-refractivity contribution in [1.29, 1.82) is 0 Å². The van der Waals surface area contributed by atoms with E-state index in [-0.39, 0.29) is 17.8 Å². The van der Waals surface area contributed by atoms with E-state index in [1.807, 2.05) is 0 Å². The minimum absolute atomic E-state index is 0.166. The van der Waals surface area contributed by atoms with Gasteiger partial charge in [0.05, 0.1) is 0 Å². The van der Waals surface area contributed by atoms with E-state index in [1.165, 1.54) is 227 Å². The fourth-order valence-corrected chi connectivity index (χ4v) is 20.9. The summed E-state index contributed by atoms with van der Waals surface area (Å²) >= 11 is 0. The van der Waals surface area contributed by atoms with Crippen LogP contribution in [0.2, 0.25) is 0 Å². The summed E-state index contributed by atoms with van der Waals surface area (Å²) in [6.07, 6.45) is 0. The fraction of sp³-hybridized carbons (Fsp3) is 0.0462. The number of para-hydroxylation sites is 3. The van der Waals surface area contributed by atoms with Crippen LogP contribution in [-0.2, 0) is 0 Å². The van der Waals surface area contributed by atoms with Crippen molar-refractivity contribution in [2.75, 3.05) is 35.8 Å². The normalized spacial score (nSPS) is 12.2. The third kappa shape index (κ3) is 15.5. The number of anilines is 6. The van der Waals surface area contributed by atoms with Gasteiger partial charge in [0.2, 0.25) is 0 Å². The summed E-state index contributed by atoms with van der Waals surface area (Å²) in [7, 11) is 6.39. The molecule has 0 saturated carbocycles. The van der Waals surface area contributed by atoms with Gasteiger partial charge in [0.1, 0.15) is 0 Å². The van der Waals surface area contributed by atoms with E-state index in [0.717, 1.165) is 0 Å². The number of nitrogens with zero attached hydrogens (tertiary/aromatic N) is 3. The molecule has 0 aliphatic heterocycles. The van der Waals surface area contributed by atoms with Crippen LogP contribution in [0.1, 0.15) is 67.8 Å². The van der Waals surface area contributed by atoms with Gasteiger partial charge in [-0.15, -0.1) is 0 Å². The molecular formula is C130H95N3. The minimum Gasteiger partial charge on any atom is -0.345 e. The van der Waals surface area contributed by atoms with E-state index in [4.69, 9.17) is 0 Å². The Morgan fingerprint density at radius 3 is 0.662 bits per heavy atom. The summed E-state index contributed by atoms with van der Waals surface area (Å²) in [5.74, 6) is 0.548.